The van der Waals surface area contributed by atoms with E-state index in [-0.39, 0.29) is 6.54 Å². The van der Waals surface area contributed by atoms with Crippen molar-refractivity contribution >= 4 is 16.1 Å². The Labute approximate surface area is 82.7 Å². The number of nitrogens with zero attached hydrogens (tertiary/aromatic N) is 1. The highest BCUT2D eigenvalue weighted by Crippen LogP contribution is 2.16. The van der Waals surface area contributed by atoms with Gasteiger partial charge in [0.25, 0.3) is 0 Å². The van der Waals surface area contributed by atoms with Gasteiger partial charge in [0, 0.05) is 13.1 Å². The third-order valence-corrected chi connectivity index (χ3v) is 3.81. The summed E-state index contributed by atoms with van der Waals surface area (Å²) in [5.41, 5.74) is 0. The molecule has 0 bridgehead atoms. The summed E-state index contributed by atoms with van der Waals surface area (Å²) in [6.07, 6.45) is 0.293. The van der Waals surface area contributed by atoms with Crippen LogP contribution in [0.1, 0.15) is 19.3 Å². The second-order valence-electron chi connectivity index (χ2n) is 3.41. The van der Waals surface area contributed by atoms with Crippen molar-refractivity contribution in [3.63, 3.8) is 0 Å². The first-order valence-corrected chi connectivity index (χ1v) is 6.01. The van der Waals surface area contributed by atoms with Crippen LogP contribution in [0.4, 0.5) is 4.79 Å². The van der Waals surface area contributed by atoms with Gasteiger partial charge >= 0.3 is 6.09 Å². The lowest BCUT2D eigenvalue weighted by molar-refractivity contribution is 0.147. The Bertz CT molecular complexity index is 314. The van der Waals surface area contributed by atoms with Crippen LogP contribution >= 0.6 is 0 Å². The van der Waals surface area contributed by atoms with Gasteiger partial charge in [-0.25, -0.2) is 18.4 Å². The lowest BCUT2D eigenvalue weighted by Gasteiger charge is -2.15. The number of likely N-dealkylation sites (tertiary alicyclic amines) is 1. The van der Waals surface area contributed by atoms with Crippen molar-refractivity contribution in [1.82, 2.24) is 4.90 Å². The molecule has 0 aromatic carbocycles. The zero-order valence-electron chi connectivity index (χ0n) is 7.72. The number of amides is 1. The largest absolute Gasteiger partial charge is 0.465 e. The van der Waals surface area contributed by atoms with E-state index in [2.05, 4.69) is 0 Å². The monoisotopic (exact) mass is 222 g/mol. The summed E-state index contributed by atoms with van der Waals surface area (Å²) in [4.78, 5) is 11.8. The maximum atomic E-state index is 11.0. The van der Waals surface area contributed by atoms with Gasteiger partial charge in [-0.1, -0.05) is 0 Å². The molecule has 1 fully saturated rings. The van der Waals surface area contributed by atoms with Gasteiger partial charge in [0.1, 0.15) is 0 Å². The van der Waals surface area contributed by atoms with Crippen molar-refractivity contribution in [2.24, 2.45) is 5.14 Å². The molecule has 0 radical (unpaired) electrons. The van der Waals surface area contributed by atoms with Crippen molar-refractivity contribution in [3.8, 4) is 0 Å². The van der Waals surface area contributed by atoms with Crippen molar-refractivity contribution < 1.29 is 18.3 Å². The van der Waals surface area contributed by atoms with E-state index in [1.54, 1.807) is 0 Å². The molecule has 6 nitrogen and oxygen atoms in total. The molecular formula is C7H14N2O4S. The van der Waals surface area contributed by atoms with Gasteiger partial charge in [0.15, 0.2) is 0 Å². The smallest absolute Gasteiger partial charge is 0.407 e. The van der Waals surface area contributed by atoms with Crippen molar-refractivity contribution in [2.75, 3.05) is 13.1 Å². The topological polar surface area (TPSA) is 101 Å². The molecule has 1 rings (SSSR count). The van der Waals surface area contributed by atoms with Crippen LogP contribution in [0.25, 0.3) is 0 Å². The van der Waals surface area contributed by atoms with Crippen LogP contribution in [0.5, 0.6) is 0 Å². The van der Waals surface area contributed by atoms with E-state index in [0.29, 0.717) is 25.8 Å². The number of sulfonamides is 1. The number of rotatable bonds is 1. The second-order valence-corrected chi connectivity index (χ2v) is 5.26. The minimum Gasteiger partial charge on any atom is -0.465 e. The highest BCUT2D eigenvalue weighted by Gasteiger charge is 2.26. The zero-order valence-corrected chi connectivity index (χ0v) is 8.53. The number of nitrogens with two attached hydrogens (primary N) is 1. The molecule has 0 aliphatic carbocycles. The van der Waals surface area contributed by atoms with Gasteiger partial charge in [-0.05, 0) is 19.3 Å². The standard InChI is InChI=1S/C7H14N2O4S/c8-14(12,13)6-2-1-4-9(5-3-6)7(10)11/h6H,1-5H2,(H,10,11)(H2,8,12,13). The summed E-state index contributed by atoms with van der Waals surface area (Å²) >= 11 is 0. The fourth-order valence-corrected chi connectivity index (χ4v) is 2.51. The SMILES string of the molecule is NS(=O)(=O)C1CCCN(C(=O)O)CC1. The minimum absolute atomic E-state index is 0.246. The molecule has 1 aliphatic rings. The highest BCUT2D eigenvalue weighted by atomic mass is 32.2. The predicted molar refractivity (Wildman–Crippen MR) is 50.3 cm³/mol. The van der Waals surface area contributed by atoms with Crippen molar-refractivity contribution in [3.05, 3.63) is 0 Å². The zero-order chi connectivity index (χ0) is 10.8. The van der Waals surface area contributed by atoms with Crippen LogP contribution < -0.4 is 5.14 Å². The molecule has 3 N–H and O–H groups in total. The number of carbonyl (C=O) groups is 1. The van der Waals surface area contributed by atoms with E-state index in [4.69, 9.17) is 10.2 Å². The van der Waals surface area contributed by atoms with Gasteiger partial charge in [-0.3, -0.25) is 0 Å². The van der Waals surface area contributed by atoms with Gasteiger partial charge < -0.3 is 10.0 Å². The number of primary sulfonamides is 1. The first-order valence-electron chi connectivity index (χ1n) is 4.41. The maximum Gasteiger partial charge on any atom is 0.407 e. The van der Waals surface area contributed by atoms with E-state index in [1.165, 1.54) is 4.90 Å². The molecule has 0 spiro atoms. The summed E-state index contributed by atoms with van der Waals surface area (Å²) in [6, 6.07) is 0. The molecule has 0 saturated carbocycles. The molecule has 7 heteroatoms. The summed E-state index contributed by atoms with van der Waals surface area (Å²) in [5, 5.41) is 13.1. The van der Waals surface area contributed by atoms with E-state index < -0.39 is 21.4 Å². The fourth-order valence-electron chi connectivity index (χ4n) is 1.59. The Morgan fingerprint density at radius 1 is 1.36 bits per heavy atom. The first kappa shape index (κ1) is 11.3. The summed E-state index contributed by atoms with van der Waals surface area (Å²) in [7, 11) is -3.52. The van der Waals surface area contributed by atoms with E-state index in [9.17, 15) is 13.2 Å². The molecule has 1 saturated heterocycles. The van der Waals surface area contributed by atoms with Crippen LogP contribution in [0.2, 0.25) is 0 Å². The molecule has 0 aromatic rings. The van der Waals surface area contributed by atoms with E-state index in [0.717, 1.165) is 0 Å². The Balaban J connectivity index is 2.62. The number of carboxylic acid groups (broad SMARTS) is 1. The van der Waals surface area contributed by atoms with Gasteiger partial charge in [0.05, 0.1) is 5.25 Å². The van der Waals surface area contributed by atoms with Crippen LogP contribution in [-0.2, 0) is 10.0 Å². The Morgan fingerprint density at radius 2 is 2.00 bits per heavy atom. The molecule has 1 unspecified atom stereocenters. The van der Waals surface area contributed by atoms with Crippen LogP contribution in [-0.4, -0.2) is 42.9 Å². The average molecular weight is 222 g/mol. The average Bonchev–Trinajstić information content (AvgIpc) is 2.26. The number of hydrogen-bond donors (Lipinski definition) is 2. The van der Waals surface area contributed by atoms with Crippen molar-refractivity contribution in [2.45, 2.75) is 24.5 Å². The van der Waals surface area contributed by atoms with Gasteiger partial charge in [0.2, 0.25) is 10.0 Å². The maximum absolute atomic E-state index is 11.0. The molecule has 82 valence electrons. The third-order valence-electron chi connectivity index (χ3n) is 2.41. The lowest BCUT2D eigenvalue weighted by atomic mass is 10.2. The van der Waals surface area contributed by atoms with E-state index in [1.807, 2.05) is 0 Å². The predicted octanol–water partition coefficient (Wildman–Crippen LogP) is -0.193. The van der Waals surface area contributed by atoms with Crippen LogP contribution in [0.3, 0.4) is 0 Å². The number of hydrogen-bond acceptors (Lipinski definition) is 3. The molecular weight excluding hydrogens is 208 g/mol. The second kappa shape index (κ2) is 4.14. The third kappa shape index (κ3) is 2.85. The Kier molecular flexibility index (Phi) is 3.33. The van der Waals surface area contributed by atoms with E-state index >= 15 is 0 Å². The Hall–Kier alpha value is -0.820. The molecule has 0 aromatic heterocycles. The summed E-state index contributed by atoms with van der Waals surface area (Å²) < 4.78 is 22.1. The van der Waals surface area contributed by atoms with Gasteiger partial charge in [-0.2, -0.15) is 0 Å². The summed E-state index contributed by atoms with van der Waals surface area (Å²) in [6.45, 7) is 0.637. The quantitative estimate of drug-likeness (QED) is 0.642. The fraction of sp³-hybridized carbons (Fsp3) is 0.857. The molecule has 1 amide bonds. The van der Waals surface area contributed by atoms with Gasteiger partial charge in [-0.15, -0.1) is 0 Å². The molecule has 1 aliphatic heterocycles. The molecule has 1 heterocycles. The normalized spacial score (nSPS) is 24.4. The van der Waals surface area contributed by atoms with Crippen molar-refractivity contribution in [1.29, 1.82) is 0 Å². The first-order chi connectivity index (χ1) is 6.41. The highest BCUT2D eigenvalue weighted by molar-refractivity contribution is 7.89. The minimum atomic E-state index is -3.52. The molecule has 14 heavy (non-hydrogen) atoms. The lowest BCUT2D eigenvalue weighted by Crippen LogP contribution is -2.32. The van der Waals surface area contributed by atoms with Crippen LogP contribution in [0, 0.1) is 0 Å². The summed E-state index contributed by atoms with van der Waals surface area (Å²) in [5.74, 6) is 0. The van der Waals surface area contributed by atoms with Crippen LogP contribution in [0.15, 0.2) is 0 Å². The Morgan fingerprint density at radius 3 is 2.50 bits per heavy atom. The molecule has 1 atom stereocenters.